The van der Waals surface area contributed by atoms with Crippen molar-refractivity contribution < 1.29 is 13.2 Å². The largest absolute Gasteiger partial charge is 0.416 e. The number of likely N-dealkylation sites (tertiary alicyclic amines) is 2. The maximum Gasteiger partial charge on any atom is 0.416 e. The summed E-state index contributed by atoms with van der Waals surface area (Å²) < 4.78 is 38.0. The summed E-state index contributed by atoms with van der Waals surface area (Å²) in [5.41, 5.74) is 1.74. The van der Waals surface area contributed by atoms with Crippen LogP contribution in [0, 0.1) is 11.8 Å². The van der Waals surface area contributed by atoms with Gasteiger partial charge in [-0.2, -0.15) is 13.2 Å². The van der Waals surface area contributed by atoms with Gasteiger partial charge in [0.25, 0.3) is 0 Å². The Bertz CT molecular complexity index is 713. The lowest BCUT2D eigenvalue weighted by molar-refractivity contribution is -0.137. The van der Waals surface area contributed by atoms with Crippen LogP contribution in [0.1, 0.15) is 16.7 Å². The summed E-state index contributed by atoms with van der Waals surface area (Å²) in [5, 5.41) is 0. The number of benzene rings is 2. The topological polar surface area (TPSA) is 6.48 Å². The molecule has 0 amide bonds. The first-order valence-electron chi connectivity index (χ1n) is 9.12. The van der Waals surface area contributed by atoms with E-state index in [0.717, 1.165) is 44.8 Å². The second-order valence-corrected chi connectivity index (χ2v) is 7.59. The molecule has 2 aliphatic heterocycles. The van der Waals surface area contributed by atoms with Gasteiger partial charge in [-0.3, -0.25) is 9.80 Å². The third-order valence-electron chi connectivity index (χ3n) is 5.57. The van der Waals surface area contributed by atoms with Gasteiger partial charge >= 0.3 is 6.18 Å². The van der Waals surface area contributed by atoms with E-state index < -0.39 is 11.7 Å². The van der Waals surface area contributed by atoms with Crippen LogP contribution in [0.15, 0.2) is 54.6 Å². The Kier molecular flexibility index (Phi) is 4.76. The summed E-state index contributed by atoms with van der Waals surface area (Å²) in [6, 6.07) is 16.1. The summed E-state index contributed by atoms with van der Waals surface area (Å²) in [4.78, 5) is 4.91. The van der Waals surface area contributed by atoms with Gasteiger partial charge < -0.3 is 0 Å². The molecule has 5 heteroatoms. The SMILES string of the molecule is FC(F)(F)c1ccc(CN2C[C@H]3CN(Cc4ccccc4)C[C@H]3C2)cc1. The summed E-state index contributed by atoms with van der Waals surface area (Å²) in [6.07, 6.45) is -4.26. The molecule has 4 rings (SSSR count). The minimum absolute atomic E-state index is 0.573. The number of rotatable bonds is 4. The molecule has 0 aliphatic carbocycles. The van der Waals surface area contributed by atoms with Gasteiger partial charge in [0.1, 0.15) is 0 Å². The van der Waals surface area contributed by atoms with E-state index in [0.29, 0.717) is 11.8 Å². The molecule has 138 valence electrons. The van der Waals surface area contributed by atoms with Crippen LogP contribution in [0.25, 0.3) is 0 Å². The number of nitrogens with zero attached hydrogens (tertiary/aromatic N) is 2. The lowest BCUT2D eigenvalue weighted by Gasteiger charge is -2.21. The van der Waals surface area contributed by atoms with Crippen LogP contribution in [0.4, 0.5) is 13.2 Å². The number of halogens is 3. The zero-order valence-corrected chi connectivity index (χ0v) is 14.6. The molecule has 26 heavy (non-hydrogen) atoms. The van der Waals surface area contributed by atoms with Crippen molar-refractivity contribution in [2.45, 2.75) is 19.3 Å². The predicted octanol–water partition coefficient (Wildman–Crippen LogP) is 4.27. The van der Waals surface area contributed by atoms with Crippen molar-refractivity contribution in [2.24, 2.45) is 11.8 Å². The predicted molar refractivity (Wildman–Crippen MR) is 95.4 cm³/mol. The fourth-order valence-electron chi connectivity index (χ4n) is 4.34. The summed E-state index contributed by atoms with van der Waals surface area (Å²) in [7, 11) is 0. The maximum absolute atomic E-state index is 12.7. The average Bonchev–Trinajstić information content (AvgIpc) is 3.13. The minimum atomic E-state index is -4.26. The van der Waals surface area contributed by atoms with Crippen molar-refractivity contribution in [1.29, 1.82) is 0 Å². The molecule has 2 saturated heterocycles. The second-order valence-electron chi connectivity index (χ2n) is 7.59. The molecule has 2 aromatic rings. The highest BCUT2D eigenvalue weighted by atomic mass is 19.4. The zero-order chi connectivity index (χ0) is 18.1. The van der Waals surface area contributed by atoms with Crippen molar-refractivity contribution in [1.82, 2.24) is 9.80 Å². The van der Waals surface area contributed by atoms with Crippen LogP contribution in [0.2, 0.25) is 0 Å². The van der Waals surface area contributed by atoms with Gasteiger partial charge in [-0.05, 0) is 35.1 Å². The van der Waals surface area contributed by atoms with Crippen molar-refractivity contribution in [3.63, 3.8) is 0 Å². The Balaban J connectivity index is 1.29. The molecule has 2 heterocycles. The Morgan fingerprint density at radius 2 is 1.15 bits per heavy atom. The van der Waals surface area contributed by atoms with Crippen molar-refractivity contribution in [3.05, 3.63) is 71.3 Å². The summed E-state index contributed by atoms with van der Waals surface area (Å²) >= 11 is 0. The fraction of sp³-hybridized carbons (Fsp3) is 0.429. The highest BCUT2D eigenvalue weighted by molar-refractivity contribution is 5.24. The third-order valence-corrected chi connectivity index (χ3v) is 5.57. The molecule has 2 nitrogen and oxygen atoms in total. The third kappa shape index (κ3) is 3.94. The quantitative estimate of drug-likeness (QED) is 0.803. The van der Waals surface area contributed by atoms with Gasteiger partial charge in [0.05, 0.1) is 5.56 Å². The van der Waals surface area contributed by atoms with Crippen LogP contribution >= 0.6 is 0 Å². The second kappa shape index (κ2) is 7.05. The van der Waals surface area contributed by atoms with Crippen molar-refractivity contribution in [3.8, 4) is 0 Å². The maximum atomic E-state index is 12.7. The molecule has 2 aliphatic rings. The molecule has 2 atom stereocenters. The first-order chi connectivity index (χ1) is 12.5. The lowest BCUT2D eigenvalue weighted by Crippen LogP contribution is -2.28. The monoisotopic (exact) mass is 360 g/mol. The minimum Gasteiger partial charge on any atom is -0.298 e. The standard InChI is InChI=1S/C21H23F3N2/c22-21(23,24)20-8-6-17(7-9-20)11-26-14-18-12-25(13-19(18)15-26)10-16-4-2-1-3-5-16/h1-9,18-19H,10-15H2/t18-,19+. The molecule has 0 spiro atoms. The van der Waals surface area contributed by atoms with Crippen LogP contribution in [0.5, 0.6) is 0 Å². The van der Waals surface area contributed by atoms with Gasteiger partial charge in [0, 0.05) is 39.3 Å². The van der Waals surface area contributed by atoms with Gasteiger partial charge in [0.15, 0.2) is 0 Å². The van der Waals surface area contributed by atoms with E-state index in [1.165, 1.54) is 17.7 Å². The number of alkyl halides is 3. The van der Waals surface area contributed by atoms with Crippen LogP contribution in [-0.4, -0.2) is 36.0 Å². The van der Waals surface area contributed by atoms with E-state index in [1.807, 2.05) is 6.07 Å². The van der Waals surface area contributed by atoms with E-state index in [2.05, 4.69) is 34.1 Å². The highest BCUT2D eigenvalue weighted by Gasteiger charge is 2.39. The molecular formula is C21H23F3N2. The van der Waals surface area contributed by atoms with Crippen LogP contribution < -0.4 is 0 Å². The first kappa shape index (κ1) is 17.6. The summed E-state index contributed by atoms with van der Waals surface area (Å²) in [5.74, 6) is 1.35. The van der Waals surface area contributed by atoms with Gasteiger partial charge in [-0.25, -0.2) is 0 Å². The van der Waals surface area contributed by atoms with Gasteiger partial charge in [-0.15, -0.1) is 0 Å². The van der Waals surface area contributed by atoms with Crippen molar-refractivity contribution >= 4 is 0 Å². The highest BCUT2D eigenvalue weighted by Crippen LogP contribution is 2.33. The molecule has 2 fully saturated rings. The van der Waals surface area contributed by atoms with E-state index in [9.17, 15) is 13.2 Å². The fourth-order valence-corrected chi connectivity index (χ4v) is 4.34. The van der Waals surface area contributed by atoms with E-state index >= 15 is 0 Å². The molecule has 0 aromatic heterocycles. The van der Waals surface area contributed by atoms with Gasteiger partial charge in [-0.1, -0.05) is 42.5 Å². The molecular weight excluding hydrogens is 337 g/mol. The Labute approximate surface area is 152 Å². The average molecular weight is 360 g/mol. The Morgan fingerprint density at radius 1 is 0.692 bits per heavy atom. The molecule has 0 saturated carbocycles. The molecule has 2 aromatic carbocycles. The molecule has 0 N–H and O–H groups in total. The van der Waals surface area contributed by atoms with Crippen LogP contribution in [0.3, 0.4) is 0 Å². The van der Waals surface area contributed by atoms with Gasteiger partial charge in [0.2, 0.25) is 0 Å². The Hall–Kier alpha value is -1.85. The first-order valence-corrected chi connectivity index (χ1v) is 9.12. The Morgan fingerprint density at radius 3 is 1.62 bits per heavy atom. The number of fused-ring (bicyclic) bond motifs is 1. The zero-order valence-electron chi connectivity index (χ0n) is 14.6. The number of hydrogen-bond acceptors (Lipinski definition) is 2. The van der Waals surface area contributed by atoms with Crippen molar-refractivity contribution in [2.75, 3.05) is 26.2 Å². The van der Waals surface area contributed by atoms with E-state index in [-0.39, 0.29) is 0 Å². The number of hydrogen-bond donors (Lipinski definition) is 0. The molecule has 0 unspecified atom stereocenters. The smallest absolute Gasteiger partial charge is 0.298 e. The lowest BCUT2D eigenvalue weighted by atomic mass is 10.0. The summed E-state index contributed by atoms with van der Waals surface area (Å²) in [6.45, 7) is 6.05. The molecule has 0 radical (unpaired) electrons. The van der Waals surface area contributed by atoms with Crippen LogP contribution in [-0.2, 0) is 19.3 Å². The van der Waals surface area contributed by atoms with E-state index in [1.54, 1.807) is 12.1 Å². The molecule has 0 bridgehead atoms. The normalized spacial score (nSPS) is 24.1. The van der Waals surface area contributed by atoms with E-state index in [4.69, 9.17) is 0 Å².